The third-order valence-electron chi connectivity index (χ3n) is 4.93. The van der Waals surface area contributed by atoms with Crippen molar-refractivity contribution >= 4 is 28.3 Å². The monoisotopic (exact) mass is 461 g/mol. The molecule has 33 heavy (non-hydrogen) atoms. The van der Waals surface area contributed by atoms with E-state index < -0.39 is 0 Å². The third-order valence-corrected chi connectivity index (χ3v) is 5.69. The fourth-order valence-corrected chi connectivity index (χ4v) is 3.99. The highest BCUT2D eigenvalue weighted by Gasteiger charge is 2.10. The van der Waals surface area contributed by atoms with Crippen molar-refractivity contribution in [3.05, 3.63) is 71.4 Å². The van der Waals surface area contributed by atoms with E-state index in [0.29, 0.717) is 11.7 Å². The molecule has 0 aliphatic heterocycles. The number of carbonyl (C=O) groups is 2. The highest BCUT2D eigenvalue weighted by atomic mass is 32.1. The molecule has 9 nitrogen and oxygen atoms in total. The van der Waals surface area contributed by atoms with Crippen LogP contribution in [0.15, 0.2) is 60.2 Å². The van der Waals surface area contributed by atoms with E-state index in [1.807, 2.05) is 41.8 Å². The van der Waals surface area contributed by atoms with Gasteiger partial charge in [-0.15, -0.1) is 16.4 Å². The van der Waals surface area contributed by atoms with Crippen molar-refractivity contribution in [3.63, 3.8) is 0 Å². The first-order valence-electron chi connectivity index (χ1n) is 10.5. The van der Waals surface area contributed by atoms with Crippen molar-refractivity contribution in [3.8, 4) is 16.9 Å². The molecule has 0 aliphatic carbocycles. The molecule has 0 saturated carbocycles. The summed E-state index contributed by atoms with van der Waals surface area (Å²) < 4.78 is 1.55. The standard InChI is InChI=1S/C23H23N7O2S/c1-16(31)24-12-2-3-17-4-8-19(9-5-17)21-14-33-23(26-21)27-22(32)13-18-6-10-20(11-7-18)30-15-25-28-29-30/h4-11,14-15H,2-3,12-13H2,1H3,(H,24,31)(H,26,27,32). The molecule has 4 rings (SSSR count). The van der Waals surface area contributed by atoms with Gasteiger partial charge in [-0.05, 0) is 46.5 Å². The maximum atomic E-state index is 12.4. The average molecular weight is 462 g/mol. The molecule has 0 fully saturated rings. The minimum Gasteiger partial charge on any atom is -0.356 e. The Labute approximate surface area is 194 Å². The van der Waals surface area contributed by atoms with Crippen LogP contribution < -0.4 is 10.6 Å². The number of hydrogen-bond acceptors (Lipinski definition) is 7. The number of benzene rings is 2. The lowest BCUT2D eigenvalue weighted by molar-refractivity contribution is -0.119. The minimum absolute atomic E-state index is 0.00407. The first-order valence-corrected chi connectivity index (χ1v) is 11.4. The minimum atomic E-state index is -0.124. The van der Waals surface area contributed by atoms with E-state index in [9.17, 15) is 9.59 Å². The van der Waals surface area contributed by atoms with Gasteiger partial charge >= 0.3 is 0 Å². The van der Waals surface area contributed by atoms with Gasteiger partial charge in [0.2, 0.25) is 11.8 Å². The van der Waals surface area contributed by atoms with Crippen LogP contribution >= 0.6 is 11.3 Å². The van der Waals surface area contributed by atoms with Gasteiger partial charge < -0.3 is 10.6 Å². The zero-order valence-electron chi connectivity index (χ0n) is 18.1. The fraction of sp³-hybridized carbons (Fsp3) is 0.217. The van der Waals surface area contributed by atoms with E-state index in [4.69, 9.17) is 0 Å². The van der Waals surface area contributed by atoms with Crippen LogP contribution in [0.5, 0.6) is 0 Å². The molecule has 0 radical (unpaired) electrons. The average Bonchev–Trinajstić information content (AvgIpc) is 3.50. The van der Waals surface area contributed by atoms with E-state index in [1.165, 1.54) is 30.2 Å². The third kappa shape index (κ3) is 6.30. The fourth-order valence-electron chi connectivity index (χ4n) is 3.26. The van der Waals surface area contributed by atoms with Gasteiger partial charge in [0, 0.05) is 24.4 Å². The summed E-state index contributed by atoms with van der Waals surface area (Å²) in [5.74, 6) is -0.129. The topological polar surface area (TPSA) is 115 Å². The number of rotatable bonds is 9. The maximum Gasteiger partial charge on any atom is 0.230 e. The van der Waals surface area contributed by atoms with Crippen LogP contribution in [0.25, 0.3) is 16.9 Å². The van der Waals surface area contributed by atoms with Crippen molar-refractivity contribution in [1.29, 1.82) is 0 Å². The molecule has 10 heteroatoms. The van der Waals surface area contributed by atoms with Crippen molar-refractivity contribution in [2.24, 2.45) is 0 Å². The highest BCUT2D eigenvalue weighted by molar-refractivity contribution is 7.14. The lowest BCUT2D eigenvalue weighted by Gasteiger charge is -2.04. The Balaban J connectivity index is 1.29. The van der Waals surface area contributed by atoms with E-state index in [2.05, 4.69) is 43.3 Å². The van der Waals surface area contributed by atoms with Gasteiger partial charge in [0.15, 0.2) is 5.13 Å². The molecule has 0 unspecified atom stereocenters. The van der Waals surface area contributed by atoms with Crippen LogP contribution in [-0.4, -0.2) is 43.6 Å². The first kappa shape index (κ1) is 22.3. The number of amides is 2. The molecular formula is C23H23N7O2S. The number of nitrogens with one attached hydrogen (secondary N) is 2. The van der Waals surface area contributed by atoms with Crippen LogP contribution in [0.3, 0.4) is 0 Å². The summed E-state index contributed by atoms with van der Waals surface area (Å²) >= 11 is 1.40. The van der Waals surface area contributed by atoms with Gasteiger partial charge in [-0.3, -0.25) is 9.59 Å². The van der Waals surface area contributed by atoms with Gasteiger partial charge in [0.25, 0.3) is 0 Å². The van der Waals surface area contributed by atoms with Gasteiger partial charge in [-0.25, -0.2) is 9.67 Å². The second kappa shape index (κ2) is 10.6. The molecule has 2 N–H and O–H groups in total. The predicted octanol–water partition coefficient (Wildman–Crippen LogP) is 3.04. The molecule has 0 spiro atoms. The highest BCUT2D eigenvalue weighted by Crippen LogP contribution is 2.25. The summed E-state index contributed by atoms with van der Waals surface area (Å²) in [6, 6.07) is 15.7. The van der Waals surface area contributed by atoms with E-state index in [1.54, 1.807) is 4.68 Å². The first-order chi connectivity index (χ1) is 16.1. The summed E-state index contributed by atoms with van der Waals surface area (Å²) in [7, 11) is 0. The zero-order chi connectivity index (χ0) is 23.0. The number of thiazole rings is 1. The maximum absolute atomic E-state index is 12.4. The van der Waals surface area contributed by atoms with Crippen molar-refractivity contribution in [2.75, 3.05) is 11.9 Å². The van der Waals surface area contributed by atoms with Gasteiger partial charge in [0.05, 0.1) is 17.8 Å². The Morgan fingerprint density at radius 1 is 1.03 bits per heavy atom. The Morgan fingerprint density at radius 3 is 2.48 bits per heavy atom. The quantitative estimate of drug-likeness (QED) is 0.370. The van der Waals surface area contributed by atoms with Crippen molar-refractivity contribution < 1.29 is 9.59 Å². The van der Waals surface area contributed by atoms with Crippen molar-refractivity contribution in [2.45, 2.75) is 26.2 Å². The second-order valence-corrected chi connectivity index (χ2v) is 8.33. The molecule has 0 bridgehead atoms. The molecule has 2 amide bonds. The molecular weight excluding hydrogens is 438 g/mol. The normalized spacial score (nSPS) is 10.7. The van der Waals surface area contributed by atoms with Crippen LogP contribution in [-0.2, 0) is 22.4 Å². The number of anilines is 1. The van der Waals surface area contributed by atoms with Gasteiger partial charge in [-0.2, -0.15) is 0 Å². The van der Waals surface area contributed by atoms with Crippen LogP contribution in [0.4, 0.5) is 5.13 Å². The molecule has 2 heterocycles. The van der Waals surface area contributed by atoms with Gasteiger partial charge in [0.1, 0.15) is 6.33 Å². The molecule has 2 aromatic heterocycles. The Bertz CT molecular complexity index is 1200. The number of hydrogen-bond donors (Lipinski definition) is 2. The Morgan fingerprint density at radius 2 is 1.79 bits per heavy atom. The summed E-state index contributed by atoms with van der Waals surface area (Å²) in [6.07, 6.45) is 3.56. The summed E-state index contributed by atoms with van der Waals surface area (Å²) in [5.41, 5.74) is 4.74. The van der Waals surface area contributed by atoms with Crippen LogP contribution in [0, 0.1) is 0 Å². The molecule has 0 atom stereocenters. The predicted molar refractivity (Wildman–Crippen MR) is 126 cm³/mol. The van der Waals surface area contributed by atoms with Crippen molar-refractivity contribution in [1.82, 2.24) is 30.5 Å². The molecule has 168 valence electrons. The summed E-state index contributed by atoms with van der Waals surface area (Å²) in [5, 5.41) is 19.3. The summed E-state index contributed by atoms with van der Waals surface area (Å²) in [6.45, 7) is 2.20. The smallest absolute Gasteiger partial charge is 0.230 e. The lowest BCUT2D eigenvalue weighted by Crippen LogP contribution is -2.21. The lowest BCUT2D eigenvalue weighted by atomic mass is 10.1. The largest absolute Gasteiger partial charge is 0.356 e. The number of aryl methyl sites for hydroxylation is 1. The molecule has 0 aliphatic rings. The second-order valence-electron chi connectivity index (χ2n) is 7.47. The number of aromatic nitrogens is 5. The molecule has 4 aromatic rings. The van der Waals surface area contributed by atoms with Crippen LogP contribution in [0.2, 0.25) is 0 Å². The number of tetrazole rings is 1. The van der Waals surface area contributed by atoms with E-state index in [-0.39, 0.29) is 18.2 Å². The molecule has 2 aromatic carbocycles. The van der Waals surface area contributed by atoms with Crippen LogP contribution in [0.1, 0.15) is 24.5 Å². The zero-order valence-corrected chi connectivity index (χ0v) is 18.9. The van der Waals surface area contributed by atoms with Gasteiger partial charge in [-0.1, -0.05) is 36.4 Å². The SMILES string of the molecule is CC(=O)NCCCc1ccc(-c2csc(NC(=O)Cc3ccc(-n4cnnn4)cc3)n2)cc1. The Kier molecular flexibility index (Phi) is 7.16. The van der Waals surface area contributed by atoms with E-state index >= 15 is 0 Å². The number of carbonyl (C=O) groups excluding carboxylic acids is 2. The Hall–Kier alpha value is -3.92. The number of nitrogens with zero attached hydrogens (tertiary/aromatic N) is 5. The molecule has 0 saturated heterocycles. The summed E-state index contributed by atoms with van der Waals surface area (Å²) in [4.78, 5) is 27.9. The van der Waals surface area contributed by atoms with E-state index in [0.717, 1.165) is 35.3 Å².